The molecule has 5 heteroatoms. The molecular formula is C21H27N3O2. The molecule has 26 heavy (non-hydrogen) atoms. The normalized spacial score (nSPS) is 20.0. The van der Waals surface area contributed by atoms with Gasteiger partial charge in [-0.05, 0) is 37.2 Å². The van der Waals surface area contributed by atoms with Crippen molar-refractivity contribution < 1.29 is 9.90 Å². The quantitative estimate of drug-likeness (QED) is 0.898. The molecule has 1 aromatic carbocycles. The highest BCUT2D eigenvalue weighted by atomic mass is 16.3. The van der Waals surface area contributed by atoms with Crippen molar-refractivity contribution in [3.63, 3.8) is 0 Å². The standard InChI is InChI=1S/C21H27N3O2/c25-19(17-7-2-1-3-8-17)21(26)23-12-9-18(10-13-23)20-22-11-14-24(20)15-16-5-4-6-16/h1-3,7-8,11,14,16,18-19,25H,4-6,9-10,12-13,15H2. The Hall–Kier alpha value is -2.14. The van der Waals surface area contributed by atoms with E-state index in [9.17, 15) is 9.90 Å². The van der Waals surface area contributed by atoms with Gasteiger partial charge in [-0.2, -0.15) is 0 Å². The van der Waals surface area contributed by atoms with Gasteiger partial charge in [0.15, 0.2) is 6.10 Å². The first-order valence-electron chi connectivity index (χ1n) is 9.75. The summed E-state index contributed by atoms with van der Waals surface area (Å²) >= 11 is 0. The average molecular weight is 353 g/mol. The lowest BCUT2D eigenvalue weighted by Gasteiger charge is -2.34. The lowest BCUT2D eigenvalue weighted by molar-refractivity contribution is -0.141. The number of benzene rings is 1. The minimum atomic E-state index is -1.06. The Morgan fingerprint density at radius 1 is 1.15 bits per heavy atom. The van der Waals surface area contributed by atoms with Crippen LogP contribution in [0.5, 0.6) is 0 Å². The molecule has 2 fully saturated rings. The number of aromatic nitrogens is 2. The van der Waals surface area contributed by atoms with E-state index in [4.69, 9.17) is 0 Å². The number of aliphatic hydroxyl groups is 1. The molecule has 5 nitrogen and oxygen atoms in total. The zero-order valence-corrected chi connectivity index (χ0v) is 15.1. The second-order valence-electron chi connectivity index (χ2n) is 7.65. The van der Waals surface area contributed by atoms with E-state index < -0.39 is 6.10 Å². The first kappa shape index (κ1) is 17.3. The van der Waals surface area contributed by atoms with Crippen molar-refractivity contribution >= 4 is 5.91 Å². The maximum Gasteiger partial charge on any atom is 0.256 e. The molecule has 1 atom stereocenters. The Balaban J connectivity index is 1.35. The lowest BCUT2D eigenvalue weighted by Crippen LogP contribution is -2.41. The van der Waals surface area contributed by atoms with Gasteiger partial charge < -0.3 is 14.6 Å². The lowest BCUT2D eigenvalue weighted by atomic mass is 9.85. The van der Waals surface area contributed by atoms with Crippen LogP contribution in [-0.4, -0.2) is 38.6 Å². The van der Waals surface area contributed by atoms with Gasteiger partial charge in [-0.1, -0.05) is 36.8 Å². The maximum absolute atomic E-state index is 12.6. The van der Waals surface area contributed by atoms with Crippen molar-refractivity contribution in [2.24, 2.45) is 5.92 Å². The predicted octanol–water partition coefficient (Wildman–Crippen LogP) is 3.12. The zero-order valence-electron chi connectivity index (χ0n) is 15.1. The highest BCUT2D eigenvalue weighted by molar-refractivity contribution is 5.82. The fraction of sp³-hybridized carbons (Fsp3) is 0.524. The minimum absolute atomic E-state index is 0.188. The molecule has 2 aliphatic rings. The van der Waals surface area contributed by atoms with Crippen molar-refractivity contribution in [2.45, 2.75) is 50.7 Å². The molecule has 1 saturated carbocycles. The van der Waals surface area contributed by atoms with Gasteiger partial charge in [0.25, 0.3) is 5.91 Å². The fourth-order valence-corrected chi connectivity index (χ4v) is 4.10. The SMILES string of the molecule is O=C(C(O)c1ccccc1)N1CCC(c2nccn2CC2CCC2)CC1. The molecule has 1 aromatic heterocycles. The number of likely N-dealkylation sites (tertiary alicyclic amines) is 1. The average Bonchev–Trinajstić information content (AvgIpc) is 3.13. The summed E-state index contributed by atoms with van der Waals surface area (Å²) in [5, 5.41) is 10.4. The summed E-state index contributed by atoms with van der Waals surface area (Å²) in [6, 6.07) is 9.18. The molecule has 138 valence electrons. The highest BCUT2D eigenvalue weighted by Gasteiger charge is 2.30. The third kappa shape index (κ3) is 3.54. The van der Waals surface area contributed by atoms with Gasteiger partial charge >= 0.3 is 0 Å². The van der Waals surface area contributed by atoms with Crippen LogP contribution in [0.1, 0.15) is 55.5 Å². The monoisotopic (exact) mass is 353 g/mol. The number of amides is 1. The third-order valence-corrected chi connectivity index (χ3v) is 5.95. The van der Waals surface area contributed by atoms with Crippen molar-refractivity contribution in [3.05, 3.63) is 54.1 Å². The third-order valence-electron chi connectivity index (χ3n) is 5.95. The first-order chi connectivity index (χ1) is 12.7. The van der Waals surface area contributed by atoms with Crippen LogP contribution in [0, 0.1) is 5.92 Å². The molecule has 0 bridgehead atoms. The number of rotatable bonds is 5. The molecule has 2 heterocycles. The summed E-state index contributed by atoms with van der Waals surface area (Å²) in [6.45, 7) is 2.45. The molecule has 1 saturated heterocycles. The van der Waals surface area contributed by atoms with Crippen molar-refractivity contribution in [2.75, 3.05) is 13.1 Å². The van der Waals surface area contributed by atoms with E-state index in [0.717, 1.165) is 25.3 Å². The number of carbonyl (C=O) groups excluding carboxylic acids is 1. The van der Waals surface area contributed by atoms with Gasteiger partial charge in [0.1, 0.15) is 5.82 Å². The van der Waals surface area contributed by atoms with Crippen LogP contribution >= 0.6 is 0 Å². The Morgan fingerprint density at radius 3 is 2.54 bits per heavy atom. The largest absolute Gasteiger partial charge is 0.378 e. The van der Waals surface area contributed by atoms with Crippen LogP contribution < -0.4 is 0 Å². The topological polar surface area (TPSA) is 58.4 Å². The number of imidazole rings is 1. The van der Waals surface area contributed by atoms with Crippen molar-refractivity contribution in [1.82, 2.24) is 14.5 Å². The second-order valence-corrected chi connectivity index (χ2v) is 7.65. The Morgan fingerprint density at radius 2 is 1.88 bits per heavy atom. The van der Waals surface area contributed by atoms with E-state index in [1.54, 1.807) is 17.0 Å². The number of carbonyl (C=O) groups is 1. The van der Waals surface area contributed by atoms with E-state index >= 15 is 0 Å². The van der Waals surface area contributed by atoms with Gasteiger partial charge in [0.05, 0.1) is 0 Å². The smallest absolute Gasteiger partial charge is 0.256 e. The Kier molecular flexibility index (Phi) is 5.07. The summed E-state index contributed by atoms with van der Waals surface area (Å²) in [4.78, 5) is 19.0. The summed E-state index contributed by atoms with van der Waals surface area (Å²) in [5.41, 5.74) is 0.663. The summed E-state index contributed by atoms with van der Waals surface area (Å²) in [6.07, 6.45) is 8.80. The first-order valence-corrected chi connectivity index (χ1v) is 9.75. The van der Waals surface area contributed by atoms with Crippen LogP contribution in [0.15, 0.2) is 42.7 Å². The van der Waals surface area contributed by atoms with Crippen LogP contribution in [0.25, 0.3) is 0 Å². The van der Waals surface area contributed by atoms with Gasteiger partial charge in [0, 0.05) is 37.9 Å². The van der Waals surface area contributed by atoms with E-state index in [-0.39, 0.29) is 5.91 Å². The van der Waals surface area contributed by atoms with Gasteiger partial charge in [-0.3, -0.25) is 4.79 Å². The van der Waals surface area contributed by atoms with Crippen LogP contribution in [0.2, 0.25) is 0 Å². The van der Waals surface area contributed by atoms with E-state index in [1.165, 1.54) is 25.1 Å². The van der Waals surface area contributed by atoms with E-state index in [2.05, 4.69) is 15.7 Å². The number of nitrogens with zero attached hydrogens (tertiary/aromatic N) is 3. The Labute approximate surface area is 154 Å². The molecule has 1 N–H and O–H groups in total. The van der Waals surface area contributed by atoms with E-state index in [1.807, 2.05) is 24.4 Å². The number of hydrogen-bond acceptors (Lipinski definition) is 3. The molecule has 1 unspecified atom stereocenters. The molecule has 1 amide bonds. The molecular weight excluding hydrogens is 326 g/mol. The highest BCUT2D eigenvalue weighted by Crippen LogP contribution is 2.32. The summed E-state index contributed by atoms with van der Waals surface area (Å²) in [5.74, 6) is 2.20. The molecule has 0 spiro atoms. The second kappa shape index (κ2) is 7.62. The molecule has 1 aliphatic heterocycles. The van der Waals surface area contributed by atoms with Crippen molar-refractivity contribution in [1.29, 1.82) is 0 Å². The maximum atomic E-state index is 12.6. The van der Waals surface area contributed by atoms with Crippen LogP contribution in [0.4, 0.5) is 0 Å². The number of aliphatic hydroxyl groups excluding tert-OH is 1. The number of piperidine rings is 1. The minimum Gasteiger partial charge on any atom is -0.378 e. The van der Waals surface area contributed by atoms with Gasteiger partial charge in [0.2, 0.25) is 0 Å². The van der Waals surface area contributed by atoms with Crippen LogP contribution in [-0.2, 0) is 11.3 Å². The predicted molar refractivity (Wildman–Crippen MR) is 99.5 cm³/mol. The zero-order chi connectivity index (χ0) is 17.9. The molecule has 4 rings (SSSR count). The Bertz CT molecular complexity index is 731. The molecule has 2 aromatic rings. The molecule has 0 radical (unpaired) electrons. The fourth-order valence-electron chi connectivity index (χ4n) is 4.10. The summed E-state index contributed by atoms with van der Waals surface area (Å²) < 4.78 is 2.32. The summed E-state index contributed by atoms with van der Waals surface area (Å²) in [7, 11) is 0. The van der Waals surface area contributed by atoms with Gasteiger partial charge in [-0.25, -0.2) is 4.98 Å². The molecule has 1 aliphatic carbocycles. The van der Waals surface area contributed by atoms with E-state index in [0.29, 0.717) is 24.6 Å². The van der Waals surface area contributed by atoms with Crippen LogP contribution in [0.3, 0.4) is 0 Å². The van der Waals surface area contributed by atoms with Gasteiger partial charge in [-0.15, -0.1) is 0 Å². The van der Waals surface area contributed by atoms with Crippen molar-refractivity contribution in [3.8, 4) is 0 Å². The number of hydrogen-bond donors (Lipinski definition) is 1.